The van der Waals surface area contributed by atoms with E-state index in [-0.39, 0.29) is 0 Å². The zero-order valence-corrected chi connectivity index (χ0v) is 22.4. The molecule has 172 valence electrons. The molecule has 36 heavy (non-hydrogen) atoms. The van der Waals surface area contributed by atoms with Crippen LogP contribution < -0.4 is 0 Å². The highest BCUT2D eigenvalue weighted by Gasteiger charge is 2.32. The highest BCUT2D eigenvalue weighted by molar-refractivity contribution is 7.20. The van der Waals surface area contributed by atoms with Crippen LogP contribution in [0.3, 0.4) is 0 Å². The Labute approximate surface area is 219 Å². The summed E-state index contributed by atoms with van der Waals surface area (Å²) in [5, 5.41) is 2.91. The van der Waals surface area contributed by atoms with Crippen LogP contribution >= 0.6 is 22.7 Å². The summed E-state index contributed by atoms with van der Waals surface area (Å²) in [4.78, 5) is 5.58. The SMILES string of the molecule is Cc1cc(C)cc(-c2cc3c(s2)-c2ccc4c5c(ccc-3c25)-c2cc(-c3cc(C)cc(C)c3)sc2-4)c1. The molecule has 2 heteroatoms. The largest absolute Gasteiger partial charge is 0.135 e. The predicted molar refractivity (Wildman–Crippen MR) is 158 cm³/mol. The Morgan fingerprint density at radius 3 is 1.14 bits per heavy atom. The molecule has 0 aliphatic heterocycles. The van der Waals surface area contributed by atoms with Crippen LogP contribution in [0, 0.1) is 27.7 Å². The summed E-state index contributed by atoms with van der Waals surface area (Å²) in [6.07, 6.45) is 0. The molecule has 8 rings (SSSR count). The van der Waals surface area contributed by atoms with Gasteiger partial charge in [-0.2, -0.15) is 0 Å². The number of aryl methyl sites for hydroxylation is 4. The molecule has 0 atom stereocenters. The van der Waals surface area contributed by atoms with Gasteiger partial charge in [0.05, 0.1) is 0 Å². The van der Waals surface area contributed by atoms with E-state index in [9.17, 15) is 0 Å². The molecule has 0 unspecified atom stereocenters. The lowest BCUT2D eigenvalue weighted by Gasteiger charge is -2.08. The van der Waals surface area contributed by atoms with Crippen LogP contribution in [-0.2, 0) is 0 Å². The topological polar surface area (TPSA) is 0 Å². The summed E-state index contributed by atoms with van der Waals surface area (Å²) < 4.78 is 0. The van der Waals surface area contributed by atoms with Gasteiger partial charge in [-0.05, 0) is 72.9 Å². The van der Waals surface area contributed by atoms with Gasteiger partial charge in [0.1, 0.15) is 0 Å². The number of hydrogen-bond donors (Lipinski definition) is 0. The van der Waals surface area contributed by atoms with Crippen LogP contribution in [-0.4, -0.2) is 0 Å². The monoisotopic (exact) mass is 496 g/mol. The first-order chi connectivity index (χ1) is 17.4. The third-order valence-corrected chi connectivity index (χ3v) is 10.1. The number of thiophene rings is 2. The van der Waals surface area contributed by atoms with Gasteiger partial charge in [-0.25, -0.2) is 0 Å². The minimum atomic E-state index is 1.33. The van der Waals surface area contributed by atoms with Gasteiger partial charge in [-0.1, -0.05) is 82.9 Å². The summed E-state index contributed by atoms with van der Waals surface area (Å²) in [7, 11) is 0. The molecule has 0 saturated heterocycles. The molecule has 0 radical (unpaired) electrons. The Kier molecular flexibility index (Phi) is 4.06. The van der Waals surface area contributed by atoms with Gasteiger partial charge in [-0.15, -0.1) is 22.7 Å². The van der Waals surface area contributed by atoms with E-state index in [2.05, 4.69) is 100 Å². The van der Waals surface area contributed by atoms with Crippen molar-refractivity contribution in [2.45, 2.75) is 27.7 Å². The molecule has 0 N–H and O–H groups in total. The van der Waals surface area contributed by atoms with Crippen LogP contribution in [0.1, 0.15) is 22.3 Å². The molecule has 2 aliphatic carbocycles. The summed E-state index contributed by atoms with van der Waals surface area (Å²) in [6, 6.07) is 28.1. The van der Waals surface area contributed by atoms with Crippen molar-refractivity contribution in [3.05, 3.63) is 95.1 Å². The molecule has 2 aliphatic rings. The average Bonchev–Trinajstić information content (AvgIpc) is 3.56. The molecular formula is C34H24S2. The highest BCUT2D eigenvalue weighted by atomic mass is 32.1. The van der Waals surface area contributed by atoms with E-state index in [4.69, 9.17) is 0 Å². The van der Waals surface area contributed by atoms with E-state index in [1.807, 2.05) is 22.7 Å². The number of fused-ring (bicyclic) bond motifs is 6. The van der Waals surface area contributed by atoms with E-state index in [1.54, 1.807) is 0 Å². The molecule has 0 saturated carbocycles. The number of hydrogen-bond acceptors (Lipinski definition) is 2. The second kappa shape index (κ2) is 7.06. The lowest BCUT2D eigenvalue weighted by molar-refractivity contribution is 1.39. The van der Waals surface area contributed by atoms with E-state index < -0.39 is 0 Å². The van der Waals surface area contributed by atoms with E-state index in [1.165, 1.54) is 97.0 Å². The molecule has 0 nitrogen and oxygen atoms in total. The highest BCUT2D eigenvalue weighted by Crippen LogP contribution is 2.60. The Morgan fingerprint density at radius 2 is 0.750 bits per heavy atom. The fourth-order valence-corrected chi connectivity index (χ4v) is 8.81. The minimum Gasteiger partial charge on any atom is -0.135 e. The normalized spacial score (nSPS) is 12.4. The van der Waals surface area contributed by atoms with Crippen LogP contribution in [0.4, 0.5) is 0 Å². The second-order valence-electron chi connectivity index (χ2n) is 10.5. The first-order valence-corrected chi connectivity index (χ1v) is 14.1. The maximum atomic E-state index is 2.42. The third kappa shape index (κ3) is 2.74. The van der Waals surface area contributed by atoms with Crippen LogP contribution in [0.15, 0.2) is 72.8 Å². The van der Waals surface area contributed by atoms with E-state index >= 15 is 0 Å². The second-order valence-corrected chi connectivity index (χ2v) is 12.6. The average molecular weight is 497 g/mol. The van der Waals surface area contributed by atoms with Crippen molar-refractivity contribution < 1.29 is 0 Å². The van der Waals surface area contributed by atoms with Crippen molar-refractivity contribution in [1.29, 1.82) is 0 Å². The van der Waals surface area contributed by atoms with Crippen LogP contribution in [0.25, 0.3) is 74.8 Å². The molecule has 0 fully saturated rings. The number of rotatable bonds is 2. The zero-order valence-electron chi connectivity index (χ0n) is 20.7. The minimum absolute atomic E-state index is 1.33. The van der Waals surface area contributed by atoms with E-state index in [0.29, 0.717) is 0 Å². The first kappa shape index (κ1) is 20.7. The van der Waals surface area contributed by atoms with Gasteiger partial charge >= 0.3 is 0 Å². The Balaban J connectivity index is 1.29. The fraction of sp³-hybridized carbons (Fsp3) is 0.118. The molecule has 2 heterocycles. The molecule has 0 bridgehead atoms. The van der Waals surface area contributed by atoms with Crippen molar-refractivity contribution in [3.8, 4) is 64.0 Å². The van der Waals surface area contributed by atoms with Gasteiger partial charge in [0.25, 0.3) is 0 Å². The van der Waals surface area contributed by atoms with Gasteiger partial charge in [0, 0.05) is 41.8 Å². The quantitative estimate of drug-likeness (QED) is 0.223. The summed E-state index contributed by atoms with van der Waals surface area (Å²) >= 11 is 3.89. The van der Waals surface area contributed by atoms with Crippen molar-refractivity contribution in [3.63, 3.8) is 0 Å². The molecule has 6 aromatic rings. The number of benzene rings is 4. The van der Waals surface area contributed by atoms with Crippen molar-refractivity contribution >= 4 is 33.4 Å². The van der Waals surface area contributed by atoms with Gasteiger partial charge in [0.15, 0.2) is 0 Å². The standard InChI is InChI=1S/C34H24S2/c1-17-9-18(2)12-21(11-17)29-15-27-23-5-6-24-28-16-30(22-13-19(3)10-20(4)14-22)36-34(28)26-8-7-25(33(27)35-29)31(23)32(24)26/h5-16H,1-4H3. The predicted octanol–water partition coefficient (Wildman–Crippen LogP) is 10.8. The molecule has 0 amide bonds. The maximum absolute atomic E-state index is 2.42. The zero-order chi connectivity index (χ0) is 24.3. The summed E-state index contributed by atoms with van der Waals surface area (Å²) in [5.41, 5.74) is 16.4. The fourth-order valence-electron chi connectivity index (χ4n) is 6.42. The lowest BCUT2D eigenvalue weighted by Crippen LogP contribution is -1.82. The Hall–Kier alpha value is -3.46. The lowest BCUT2D eigenvalue weighted by atomic mass is 9.97. The Bertz CT molecular complexity index is 1660. The first-order valence-electron chi connectivity index (χ1n) is 12.5. The maximum Gasteiger partial charge on any atom is 0.0434 e. The van der Waals surface area contributed by atoms with E-state index in [0.717, 1.165) is 0 Å². The van der Waals surface area contributed by atoms with Crippen molar-refractivity contribution in [2.75, 3.05) is 0 Å². The smallest absolute Gasteiger partial charge is 0.0434 e. The molecule has 4 aromatic carbocycles. The summed E-state index contributed by atoms with van der Waals surface area (Å²) in [5.74, 6) is 0. The molecule has 0 spiro atoms. The molecule has 2 aromatic heterocycles. The van der Waals surface area contributed by atoms with Crippen molar-refractivity contribution in [2.24, 2.45) is 0 Å². The van der Waals surface area contributed by atoms with Gasteiger partial charge in [-0.3, -0.25) is 0 Å². The van der Waals surface area contributed by atoms with Crippen LogP contribution in [0.5, 0.6) is 0 Å². The molecular weight excluding hydrogens is 473 g/mol. The third-order valence-electron chi connectivity index (χ3n) is 7.71. The van der Waals surface area contributed by atoms with Crippen LogP contribution in [0.2, 0.25) is 0 Å². The summed E-state index contributed by atoms with van der Waals surface area (Å²) in [6.45, 7) is 8.76. The van der Waals surface area contributed by atoms with Gasteiger partial charge in [0.2, 0.25) is 0 Å². The van der Waals surface area contributed by atoms with Gasteiger partial charge < -0.3 is 0 Å². The Morgan fingerprint density at radius 1 is 0.389 bits per heavy atom. The van der Waals surface area contributed by atoms with Crippen molar-refractivity contribution in [1.82, 2.24) is 0 Å².